The fraction of sp³-hybridized carbons (Fsp3) is 0.235. The molecule has 0 fully saturated rings. The van der Waals surface area contributed by atoms with Crippen molar-refractivity contribution >= 4 is 11.6 Å². The molecule has 6 heteroatoms. The van der Waals surface area contributed by atoms with E-state index in [9.17, 15) is 9.59 Å². The Balaban J connectivity index is 1.80. The summed E-state index contributed by atoms with van der Waals surface area (Å²) in [5, 5.41) is 4.19. The summed E-state index contributed by atoms with van der Waals surface area (Å²) >= 11 is 0. The van der Waals surface area contributed by atoms with Gasteiger partial charge in [0.15, 0.2) is 5.65 Å². The number of fused-ring (bicyclic) bond motifs is 1. The molecule has 6 nitrogen and oxygen atoms in total. The molecule has 0 radical (unpaired) electrons. The summed E-state index contributed by atoms with van der Waals surface area (Å²) in [7, 11) is 1.74. The van der Waals surface area contributed by atoms with Crippen LogP contribution in [0.1, 0.15) is 18.5 Å². The summed E-state index contributed by atoms with van der Waals surface area (Å²) in [5.41, 5.74) is 1.27. The van der Waals surface area contributed by atoms with E-state index >= 15 is 0 Å². The second-order valence-corrected chi connectivity index (χ2v) is 5.46. The van der Waals surface area contributed by atoms with Crippen LogP contribution in [-0.2, 0) is 11.3 Å². The first-order valence-electron chi connectivity index (χ1n) is 7.43. The van der Waals surface area contributed by atoms with Crippen LogP contribution in [0.2, 0.25) is 0 Å². The molecule has 0 aliphatic heterocycles. The Morgan fingerprint density at radius 2 is 1.87 bits per heavy atom. The first-order valence-corrected chi connectivity index (χ1v) is 7.43. The van der Waals surface area contributed by atoms with E-state index < -0.39 is 0 Å². The van der Waals surface area contributed by atoms with Gasteiger partial charge in [-0.15, -0.1) is 5.10 Å². The number of pyridine rings is 1. The molecule has 3 rings (SSSR count). The first-order chi connectivity index (χ1) is 11.1. The molecule has 2 aromatic heterocycles. The number of amides is 1. The third-order valence-corrected chi connectivity index (χ3v) is 4.03. The van der Waals surface area contributed by atoms with E-state index in [1.54, 1.807) is 36.3 Å². The van der Waals surface area contributed by atoms with Crippen molar-refractivity contribution < 1.29 is 4.79 Å². The standard InChI is InChI=1S/C17H18N4O2/c1-13(14-8-4-3-5-9-14)19(2)16(22)12-21-17(23)20-11-7-6-10-15(20)18-21/h3-11,13H,12H2,1-2H3. The molecule has 0 spiro atoms. The number of aromatic nitrogens is 3. The molecule has 23 heavy (non-hydrogen) atoms. The maximum Gasteiger partial charge on any atom is 0.350 e. The lowest BCUT2D eigenvalue weighted by atomic mass is 10.1. The van der Waals surface area contributed by atoms with Gasteiger partial charge in [0.2, 0.25) is 5.91 Å². The van der Waals surface area contributed by atoms with Crippen molar-refractivity contribution in [2.75, 3.05) is 7.05 Å². The van der Waals surface area contributed by atoms with Crippen molar-refractivity contribution in [2.24, 2.45) is 0 Å². The van der Waals surface area contributed by atoms with Crippen LogP contribution in [0.4, 0.5) is 0 Å². The maximum atomic E-state index is 12.5. The van der Waals surface area contributed by atoms with Gasteiger partial charge in [0, 0.05) is 13.2 Å². The molecule has 2 heterocycles. The van der Waals surface area contributed by atoms with Crippen LogP contribution in [0.15, 0.2) is 59.5 Å². The summed E-state index contributed by atoms with van der Waals surface area (Å²) in [6.07, 6.45) is 1.64. The summed E-state index contributed by atoms with van der Waals surface area (Å²) in [6.45, 7) is 1.88. The highest BCUT2D eigenvalue weighted by Crippen LogP contribution is 2.18. The molecule has 1 aromatic carbocycles. The van der Waals surface area contributed by atoms with E-state index in [-0.39, 0.29) is 24.2 Å². The third kappa shape index (κ3) is 2.88. The summed E-state index contributed by atoms with van der Waals surface area (Å²) < 4.78 is 2.62. The van der Waals surface area contributed by atoms with Crippen molar-refractivity contribution in [3.05, 3.63) is 70.8 Å². The van der Waals surface area contributed by atoms with Crippen LogP contribution < -0.4 is 5.69 Å². The number of carbonyl (C=O) groups is 1. The zero-order valence-corrected chi connectivity index (χ0v) is 13.1. The molecule has 0 aliphatic carbocycles. The van der Waals surface area contributed by atoms with Crippen molar-refractivity contribution in [2.45, 2.75) is 19.5 Å². The zero-order valence-electron chi connectivity index (χ0n) is 13.1. The average molecular weight is 310 g/mol. The van der Waals surface area contributed by atoms with Gasteiger partial charge in [-0.05, 0) is 24.6 Å². The normalized spacial score (nSPS) is 12.3. The Hall–Kier alpha value is -2.89. The third-order valence-electron chi connectivity index (χ3n) is 4.03. The Morgan fingerprint density at radius 1 is 1.17 bits per heavy atom. The fourth-order valence-corrected chi connectivity index (χ4v) is 2.48. The minimum Gasteiger partial charge on any atom is -0.337 e. The van der Waals surface area contributed by atoms with Crippen molar-refractivity contribution in [3.8, 4) is 0 Å². The Labute approximate surface area is 133 Å². The van der Waals surface area contributed by atoms with Gasteiger partial charge in [0.1, 0.15) is 6.54 Å². The van der Waals surface area contributed by atoms with Crippen LogP contribution in [0.3, 0.4) is 0 Å². The molecular weight excluding hydrogens is 292 g/mol. The van der Waals surface area contributed by atoms with E-state index in [4.69, 9.17) is 0 Å². The van der Waals surface area contributed by atoms with E-state index in [0.717, 1.165) is 5.56 Å². The Morgan fingerprint density at radius 3 is 2.57 bits per heavy atom. The largest absolute Gasteiger partial charge is 0.350 e. The van der Waals surface area contributed by atoms with Crippen LogP contribution in [0.25, 0.3) is 5.65 Å². The lowest BCUT2D eigenvalue weighted by Gasteiger charge is -2.25. The average Bonchev–Trinajstić information content (AvgIpc) is 2.90. The highest BCUT2D eigenvalue weighted by Gasteiger charge is 2.19. The smallest absolute Gasteiger partial charge is 0.337 e. The van der Waals surface area contributed by atoms with E-state index in [2.05, 4.69) is 5.10 Å². The van der Waals surface area contributed by atoms with E-state index in [1.165, 1.54) is 9.08 Å². The van der Waals surface area contributed by atoms with Gasteiger partial charge in [0.25, 0.3) is 0 Å². The number of benzene rings is 1. The van der Waals surface area contributed by atoms with E-state index in [1.807, 2.05) is 37.3 Å². The lowest BCUT2D eigenvalue weighted by Crippen LogP contribution is -2.35. The molecule has 118 valence electrons. The minimum atomic E-state index is -0.310. The van der Waals surface area contributed by atoms with Gasteiger partial charge in [-0.25, -0.2) is 9.48 Å². The summed E-state index contributed by atoms with van der Waals surface area (Å²) in [6, 6.07) is 15.0. The molecule has 0 N–H and O–H groups in total. The number of carbonyl (C=O) groups excluding carboxylic acids is 1. The summed E-state index contributed by atoms with van der Waals surface area (Å²) in [5.74, 6) is -0.160. The number of hydrogen-bond donors (Lipinski definition) is 0. The van der Waals surface area contributed by atoms with Gasteiger partial charge in [-0.3, -0.25) is 9.20 Å². The zero-order chi connectivity index (χ0) is 16.4. The van der Waals surface area contributed by atoms with Crippen LogP contribution in [0, 0.1) is 0 Å². The van der Waals surface area contributed by atoms with Gasteiger partial charge in [0.05, 0.1) is 6.04 Å². The van der Waals surface area contributed by atoms with Crippen molar-refractivity contribution in [1.82, 2.24) is 19.1 Å². The lowest BCUT2D eigenvalue weighted by molar-refractivity contribution is -0.132. The number of nitrogens with zero attached hydrogens (tertiary/aromatic N) is 4. The second kappa shape index (κ2) is 6.08. The minimum absolute atomic E-state index is 0.0727. The molecule has 1 atom stereocenters. The highest BCUT2D eigenvalue weighted by molar-refractivity contribution is 5.76. The maximum absolute atomic E-state index is 12.5. The first kappa shape index (κ1) is 15.0. The molecule has 0 saturated carbocycles. The highest BCUT2D eigenvalue weighted by atomic mass is 16.2. The second-order valence-electron chi connectivity index (χ2n) is 5.46. The van der Waals surface area contributed by atoms with Gasteiger partial charge in [-0.1, -0.05) is 36.4 Å². The van der Waals surface area contributed by atoms with Gasteiger partial charge in [-0.2, -0.15) is 0 Å². The molecule has 0 aliphatic rings. The molecular formula is C17H18N4O2. The van der Waals surface area contributed by atoms with Crippen LogP contribution >= 0.6 is 0 Å². The summed E-state index contributed by atoms with van der Waals surface area (Å²) in [4.78, 5) is 26.3. The van der Waals surface area contributed by atoms with Gasteiger partial charge >= 0.3 is 5.69 Å². The van der Waals surface area contributed by atoms with Crippen LogP contribution in [-0.4, -0.2) is 32.0 Å². The number of likely N-dealkylation sites (N-methyl/N-ethyl adjacent to an activating group) is 1. The predicted molar refractivity (Wildman–Crippen MR) is 87.1 cm³/mol. The predicted octanol–water partition coefficient (Wildman–Crippen LogP) is 1.72. The monoisotopic (exact) mass is 310 g/mol. The molecule has 3 aromatic rings. The molecule has 1 unspecified atom stereocenters. The number of hydrogen-bond acceptors (Lipinski definition) is 3. The quantitative estimate of drug-likeness (QED) is 0.737. The molecule has 1 amide bonds. The van der Waals surface area contributed by atoms with Crippen molar-refractivity contribution in [3.63, 3.8) is 0 Å². The van der Waals surface area contributed by atoms with Crippen LogP contribution in [0.5, 0.6) is 0 Å². The fourth-order valence-electron chi connectivity index (χ4n) is 2.48. The van der Waals surface area contributed by atoms with Crippen molar-refractivity contribution in [1.29, 1.82) is 0 Å². The Kier molecular flexibility index (Phi) is 3.97. The topological polar surface area (TPSA) is 59.6 Å². The Bertz CT molecular complexity index is 882. The number of rotatable bonds is 4. The van der Waals surface area contributed by atoms with Gasteiger partial charge < -0.3 is 4.90 Å². The molecule has 0 bridgehead atoms. The SMILES string of the molecule is CC(c1ccccc1)N(C)C(=O)Cn1nc2ccccn2c1=O. The van der Waals surface area contributed by atoms with E-state index in [0.29, 0.717) is 5.65 Å². The molecule has 0 saturated heterocycles.